The molecule has 14 heavy (non-hydrogen) atoms. The molecule has 1 aromatic heterocycles. The van der Waals surface area contributed by atoms with E-state index < -0.39 is 0 Å². The van der Waals surface area contributed by atoms with E-state index in [1.165, 1.54) is 12.3 Å². The van der Waals surface area contributed by atoms with Gasteiger partial charge in [0.1, 0.15) is 5.82 Å². The summed E-state index contributed by atoms with van der Waals surface area (Å²) in [6.07, 6.45) is 2.48. The molecule has 2 unspecified atom stereocenters. The summed E-state index contributed by atoms with van der Waals surface area (Å²) in [6.45, 7) is 3.70. The molecule has 1 N–H and O–H groups in total. The number of aliphatic hydroxyl groups is 1. The maximum atomic E-state index is 12.7. The molecule has 1 heterocycles. The quantitative estimate of drug-likeness (QED) is 0.836. The Morgan fingerprint density at radius 3 is 2.79 bits per heavy atom. The number of aromatic nitrogens is 1. The van der Waals surface area contributed by atoms with E-state index in [0.717, 1.165) is 5.56 Å². The lowest BCUT2D eigenvalue weighted by molar-refractivity contribution is 0.196. The van der Waals surface area contributed by atoms with Crippen LogP contribution in [0.4, 0.5) is 4.39 Å². The monoisotopic (exact) mass is 215 g/mol. The summed E-state index contributed by atoms with van der Waals surface area (Å²) in [5.41, 5.74) is 0.850. The lowest BCUT2D eigenvalue weighted by Gasteiger charge is -2.13. The molecule has 0 spiro atoms. The average molecular weight is 215 g/mol. The second-order valence-corrected chi connectivity index (χ2v) is 4.63. The summed E-state index contributed by atoms with van der Waals surface area (Å²) in [6, 6.07) is 1.47. The molecule has 0 saturated heterocycles. The fraction of sp³-hybridized carbons (Fsp3) is 0.500. The van der Waals surface area contributed by atoms with Gasteiger partial charge in [0.05, 0.1) is 12.3 Å². The lowest BCUT2D eigenvalue weighted by atomic mass is 10.3. The van der Waals surface area contributed by atoms with E-state index in [1.54, 1.807) is 24.9 Å². The molecule has 4 heteroatoms. The highest BCUT2D eigenvalue weighted by Gasteiger charge is 2.09. The molecule has 2 nitrogen and oxygen atoms in total. The SMILES string of the molecule is CC(O)C(C)SCc1cncc(F)c1. The van der Waals surface area contributed by atoms with Gasteiger partial charge in [0.15, 0.2) is 0 Å². The highest BCUT2D eigenvalue weighted by Crippen LogP contribution is 2.19. The molecule has 78 valence electrons. The number of aliphatic hydroxyl groups excluding tert-OH is 1. The van der Waals surface area contributed by atoms with E-state index in [4.69, 9.17) is 0 Å². The van der Waals surface area contributed by atoms with Gasteiger partial charge in [-0.2, -0.15) is 11.8 Å². The van der Waals surface area contributed by atoms with E-state index in [2.05, 4.69) is 4.98 Å². The van der Waals surface area contributed by atoms with Crippen LogP contribution in [-0.4, -0.2) is 21.4 Å². The summed E-state index contributed by atoms with van der Waals surface area (Å²) < 4.78 is 12.7. The zero-order valence-corrected chi connectivity index (χ0v) is 9.09. The number of hydrogen-bond acceptors (Lipinski definition) is 3. The second kappa shape index (κ2) is 5.32. The van der Waals surface area contributed by atoms with Crippen LogP contribution in [0.15, 0.2) is 18.5 Å². The molecule has 1 rings (SSSR count). The summed E-state index contributed by atoms with van der Waals surface area (Å²) in [5.74, 6) is 0.365. The predicted molar refractivity (Wildman–Crippen MR) is 56.6 cm³/mol. The zero-order chi connectivity index (χ0) is 10.6. The third-order valence-electron chi connectivity index (χ3n) is 1.95. The molecule has 0 amide bonds. The van der Waals surface area contributed by atoms with Gasteiger partial charge in [-0.3, -0.25) is 4.98 Å². The average Bonchev–Trinajstić information content (AvgIpc) is 2.14. The predicted octanol–water partition coefficient (Wildman–Crippen LogP) is 2.22. The first-order valence-electron chi connectivity index (χ1n) is 4.48. The van der Waals surface area contributed by atoms with Gasteiger partial charge in [0.25, 0.3) is 0 Å². The molecule has 1 aromatic rings. The van der Waals surface area contributed by atoms with Crippen molar-refractivity contribution in [1.82, 2.24) is 4.98 Å². The molecule has 0 bridgehead atoms. The Bertz CT molecular complexity index is 293. The van der Waals surface area contributed by atoms with Crippen LogP contribution in [0, 0.1) is 5.82 Å². The maximum absolute atomic E-state index is 12.7. The Morgan fingerprint density at radius 1 is 1.50 bits per heavy atom. The highest BCUT2D eigenvalue weighted by molar-refractivity contribution is 7.99. The zero-order valence-electron chi connectivity index (χ0n) is 8.27. The van der Waals surface area contributed by atoms with Gasteiger partial charge in [-0.15, -0.1) is 0 Å². The van der Waals surface area contributed by atoms with E-state index in [-0.39, 0.29) is 17.2 Å². The van der Waals surface area contributed by atoms with Crippen molar-refractivity contribution in [2.24, 2.45) is 0 Å². The third-order valence-corrected chi connectivity index (χ3v) is 3.37. The molecule has 0 fully saturated rings. The van der Waals surface area contributed by atoms with Crippen molar-refractivity contribution in [2.75, 3.05) is 0 Å². The fourth-order valence-corrected chi connectivity index (χ4v) is 1.79. The van der Waals surface area contributed by atoms with Crippen LogP contribution in [0.1, 0.15) is 19.4 Å². The Hall–Kier alpha value is -0.610. The molecule has 0 aliphatic rings. The Balaban J connectivity index is 2.45. The number of halogens is 1. The molecular weight excluding hydrogens is 201 g/mol. The third kappa shape index (κ3) is 3.64. The van der Waals surface area contributed by atoms with E-state index in [1.807, 2.05) is 6.92 Å². The minimum atomic E-state index is -0.346. The minimum absolute atomic E-state index is 0.151. The topological polar surface area (TPSA) is 33.1 Å². The van der Waals surface area contributed by atoms with Crippen LogP contribution in [-0.2, 0) is 5.75 Å². The molecule has 0 aliphatic heterocycles. The van der Waals surface area contributed by atoms with E-state index in [0.29, 0.717) is 5.75 Å². The van der Waals surface area contributed by atoms with Crippen LogP contribution >= 0.6 is 11.8 Å². The van der Waals surface area contributed by atoms with Crippen molar-refractivity contribution < 1.29 is 9.50 Å². The van der Waals surface area contributed by atoms with Crippen molar-refractivity contribution in [3.8, 4) is 0 Å². The second-order valence-electron chi connectivity index (χ2n) is 3.27. The molecule has 2 atom stereocenters. The van der Waals surface area contributed by atoms with Gasteiger partial charge >= 0.3 is 0 Å². The van der Waals surface area contributed by atoms with Crippen LogP contribution in [0.25, 0.3) is 0 Å². The number of thioether (sulfide) groups is 1. The Kier molecular flexibility index (Phi) is 4.35. The van der Waals surface area contributed by atoms with E-state index in [9.17, 15) is 9.50 Å². The smallest absolute Gasteiger partial charge is 0.141 e. The summed E-state index contributed by atoms with van der Waals surface area (Å²) in [4.78, 5) is 3.76. The number of nitrogens with zero attached hydrogens (tertiary/aromatic N) is 1. The number of rotatable bonds is 4. The van der Waals surface area contributed by atoms with Crippen LogP contribution < -0.4 is 0 Å². The van der Waals surface area contributed by atoms with Gasteiger partial charge in [-0.1, -0.05) is 6.92 Å². The number of hydrogen-bond donors (Lipinski definition) is 1. The first kappa shape index (κ1) is 11.5. The van der Waals surface area contributed by atoms with Gasteiger partial charge in [-0.25, -0.2) is 4.39 Å². The van der Waals surface area contributed by atoms with Gasteiger partial charge < -0.3 is 5.11 Å². The van der Waals surface area contributed by atoms with Crippen molar-refractivity contribution in [2.45, 2.75) is 31.0 Å². The largest absolute Gasteiger partial charge is 0.392 e. The standard InChI is InChI=1S/C10H14FNOS/c1-7(13)8(2)14-6-9-3-10(11)5-12-4-9/h3-5,7-8,13H,6H2,1-2H3. The lowest BCUT2D eigenvalue weighted by Crippen LogP contribution is -2.15. The van der Waals surface area contributed by atoms with Crippen molar-refractivity contribution in [3.63, 3.8) is 0 Å². The first-order chi connectivity index (χ1) is 6.59. The van der Waals surface area contributed by atoms with Gasteiger partial charge in [0.2, 0.25) is 0 Å². The van der Waals surface area contributed by atoms with Gasteiger partial charge in [0, 0.05) is 17.2 Å². The normalized spacial score (nSPS) is 15.1. The van der Waals surface area contributed by atoms with Crippen LogP contribution in [0.2, 0.25) is 0 Å². The van der Waals surface area contributed by atoms with Crippen molar-refractivity contribution in [1.29, 1.82) is 0 Å². The molecular formula is C10H14FNOS. The maximum Gasteiger partial charge on any atom is 0.141 e. The summed E-state index contributed by atoms with van der Waals surface area (Å²) in [5, 5.41) is 9.39. The van der Waals surface area contributed by atoms with Crippen molar-refractivity contribution in [3.05, 3.63) is 29.8 Å². The fourth-order valence-electron chi connectivity index (χ4n) is 0.902. The van der Waals surface area contributed by atoms with Crippen LogP contribution in [0.3, 0.4) is 0 Å². The highest BCUT2D eigenvalue weighted by atomic mass is 32.2. The van der Waals surface area contributed by atoms with Gasteiger partial charge in [-0.05, 0) is 18.6 Å². The first-order valence-corrected chi connectivity index (χ1v) is 5.53. The minimum Gasteiger partial charge on any atom is -0.392 e. The number of pyridine rings is 1. The molecule has 0 aromatic carbocycles. The molecule has 0 saturated carbocycles. The summed E-state index contributed by atoms with van der Waals surface area (Å²) in [7, 11) is 0. The Labute approximate surface area is 87.6 Å². The molecule has 0 aliphatic carbocycles. The van der Waals surface area contributed by atoms with Crippen molar-refractivity contribution >= 4 is 11.8 Å². The Morgan fingerprint density at radius 2 is 2.21 bits per heavy atom. The van der Waals surface area contributed by atoms with Crippen LogP contribution in [0.5, 0.6) is 0 Å². The van der Waals surface area contributed by atoms with E-state index >= 15 is 0 Å². The summed E-state index contributed by atoms with van der Waals surface area (Å²) >= 11 is 1.59. The molecule has 0 radical (unpaired) electrons.